The van der Waals surface area contributed by atoms with Crippen LogP contribution in [0.25, 0.3) is 22.3 Å². The molecule has 3 unspecified atom stereocenters. The normalized spacial score (nSPS) is 25.6. The lowest BCUT2D eigenvalue weighted by atomic mass is 9.92. The molecule has 8 N–H and O–H groups in total. The van der Waals surface area contributed by atoms with Gasteiger partial charge in [-0.3, -0.25) is 42.7 Å². The number of carbonyl (C=O) groups is 6. The average molecular weight is 1280 g/mol. The molecule has 0 bridgehead atoms. The van der Waals surface area contributed by atoms with E-state index >= 15 is 8.78 Å². The van der Waals surface area contributed by atoms with Crippen LogP contribution in [0, 0.1) is 11.8 Å². The van der Waals surface area contributed by atoms with Crippen LogP contribution in [0.5, 0.6) is 0 Å². The number of nitrogen functional groups attached to an aromatic ring is 1. The molecule has 37 heteroatoms. The van der Waals surface area contributed by atoms with Crippen molar-refractivity contribution in [1.82, 2.24) is 49.3 Å². The van der Waals surface area contributed by atoms with E-state index in [2.05, 4.69) is 45.9 Å². The molecule has 3 aliphatic rings. The predicted molar refractivity (Wildman–Crippen MR) is 299 cm³/mol. The summed E-state index contributed by atoms with van der Waals surface area (Å²) >= 11 is 10.3. The highest BCUT2D eigenvalue weighted by Crippen LogP contribution is 2.55. The van der Waals surface area contributed by atoms with E-state index in [9.17, 15) is 38.6 Å². The molecule has 12 atom stereocenters. The molecule has 0 saturated carbocycles. The van der Waals surface area contributed by atoms with Gasteiger partial charge in [-0.1, -0.05) is 49.4 Å². The number of carboxylic acid groups (broad SMARTS) is 1. The maximum atomic E-state index is 16.6. The van der Waals surface area contributed by atoms with E-state index < -0.39 is 111 Å². The summed E-state index contributed by atoms with van der Waals surface area (Å²) in [6.07, 6.45) is -12.6. The SMILES string of the molecule is CC(CC(=O)O)C(=O)NCCC(=O)C[C@H](Cc1ccccc1)C(=O)Nc1ccc(COC(=O)N(C)CCOC(=O)Nc2ncnc3c2ncn3[C@@H]2O[C@@H]3OOP(O)(=S)O[C@H]4[C@@H](F)[C@H](n5cnc6c(N)ncnc65)O[C@@H]4COP(O)(=S)O[C@H]3[C@H]2F)cc1. The first kappa shape index (κ1) is 63.3. The third-order valence-corrected chi connectivity index (χ3v) is 16.2. The highest BCUT2D eigenvalue weighted by atomic mass is 32.5. The molecule has 3 aliphatic heterocycles. The number of aromatic nitrogens is 8. The summed E-state index contributed by atoms with van der Waals surface area (Å²) in [5.41, 5.74) is 7.69. The Hall–Kier alpha value is -7.24. The van der Waals surface area contributed by atoms with Crippen molar-refractivity contribution >= 4 is 112 Å². The molecule has 0 aliphatic carbocycles. The van der Waals surface area contributed by atoms with Crippen LogP contribution in [0.2, 0.25) is 0 Å². The summed E-state index contributed by atoms with van der Waals surface area (Å²) in [7, 11) is 1.40. The number of hydrogen-bond donors (Lipinski definition) is 7. The van der Waals surface area contributed by atoms with Crippen molar-refractivity contribution in [2.24, 2.45) is 11.8 Å². The van der Waals surface area contributed by atoms with Crippen molar-refractivity contribution in [3.8, 4) is 0 Å². The second kappa shape index (κ2) is 27.6. The number of halogens is 2. The van der Waals surface area contributed by atoms with Gasteiger partial charge in [-0.05, 0) is 53.3 Å². The number of ketones is 1. The van der Waals surface area contributed by atoms with Crippen LogP contribution < -0.4 is 21.7 Å². The number of hydrogen-bond acceptors (Lipinski definition) is 24. The van der Waals surface area contributed by atoms with E-state index in [1.807, 2.05) is 30.3 Å². The Morgan fingerprint density at radius 1 is 0.814 bits per heavy atom. The van der Waals surface area contributed by atoms with E-state index in [0.717, 1.165) is 34.0 Å². The van der Waals surface area contributed by atoms with Gasteiger partial charge in [0.15, 0.2) is 59.3 Å². The maximum absolute atomic E-state index is 16.6. The lowest BCUT2D eigenvalue weighted by Gasteiger charge is -2.29. The van der Waals surface area contributed by atoms with Crippen molar-refractivity contribution in [2.75, 3.05) is 49.7 Å². The summed E-state index contributed by atoms with van der Waals surface area (Å²) in [6, 6.07) is 15.6. The number of anilines is 3. The van der Waals surface area contributed by atoms with Crippen LogP contribution in [0.1, 0.15) is 49.8 Å². The number of Topliss-reactive ketones (excluding diaryl/α,β-unsaturated/α-hetero) is 1. The zero-order valence-electron chi connectivity index (χ0n) is 45.2. The van der Waals surface area contributed by atoms with Gasteiger partial charge in [0.25, 0.3) is 0 Å². The molecule has 4 amide bonds. The second-order valence-electron chi connectivity index (χ2n) is 19.6. The monoisotopic (exact) mass is 1280 g/mol. The van der Waals surface area contributed by atoms with Crippen molar-refractivity contribution in [2.45, 2.75) is 88.6 Å². The quantitative estimate of drug-likeness (QED) is 0.0419. The average Bonchev–Trinajstić information content (AvgIpc) is 1.76. The van der Waals surface area contributed by atoms with Crippen LogP contribution in [0.4, 0.5) is 35.7 Å². The minimum absolute atomic E-state index is 0.00128. The van der Waals surface area contributed by atoms with Gasteiger partial charge < -0.3 is 59.6 Å². The predicted octanol–water partition coefficient (Wildman–Crippen LogP) is 4.05. The van der Waals surface area contributed by atoms with E-state index in [1.54, 1.807) is 24.3 Å². The van der Waals surface area contributed by atoms with E-state index in [-0.39, 0.29) is 91.7 Å². The van der Waals surface area contributed by atoms with E-state index in [1.165, 1.54) is 24.9 Å². The van der Waals surface area contributed by atoms with Gasteiger partial charge >= 0.3 is 31.6 Å². The van der Waals surface area contributed by atoms with Gasteiger partial charge in [0.1, 0.15) is 49.4 Å². The number of nitrogens with two attached hydrogens (primary N) is 1. The first-order valence-electron chi connectivity index (χ1n) is 26.0. The molecule has 7 heterocycles. The maximum Gasteiger partial charge on any atom is 0.412 e. The van der Waals surface area contributed by atoms with E-state index in [0.29, 0.717) is 11.3 Å². The summed E-state index contributed by atoms with van der Waals surface area (Å²) in [5.74, 6) is -4.04. The smallest absolute Gasteiger partial charge is 0.412 e. The van der Waals surface area contributed by atoms with Gasteiger partial charge in [-0.2, -0.15) is 4.89 Å². The number of aliphatic carboxylic acids is 1. The topological polar surface area (TPSA) is 399 Å². The Morgan fingerprint density at radius 2 is 1.48 bits per heavy atom. The second-order valence-corrected chi connectivity index (χ2v) is 25.1. The zero-order valence-corrected chi connectivity index (χ0v) is 48.6. The lowest BCUT2D eigenvalue weighted by molar-refractivity contribution is -0.336. The third kappa shape index (κ3) is 15.7. The van der Waals surface area contributed by atoms with Crippen LogP contribution in [0.15, 0.2) is 79.9 Å². The third-order valence-electron chi connectivity index (χ3n) is 13.4. The molecule has 3 fully saturated rings. The number of amides is 4. The Kier molecular flexibility index (Phi) is 20.3. The van der Waals surface area contributed by atoms with Crippen molar-refractivity contribution < 1.29 is 94.5 Å². The molecule has 6 aromatic rings. The molecule has 9 rings (SSSR count). The summed E-state index contributed by atoms with van der Waals surface area (Å²) in [4.78, 5) is 129. The number of carboxylic acids is 1. The summed E-state index contributed by atoms with van der Waals surface area (Å²) in [6.45, 7) is -9.02. The van der Waals surface area contributed by atoms with Gasteiger partial charge in [0, 0.05) is 44.0 Å². The van der Waals surface area contributed by atoms with Gasteiger partial charge in [-0.25, -0.2) is 48.3 Å². The number of nitrogens with zero attached hydrogens (tertiary/aromatic N) is 9. The Labute approximate surface area is 495 Å². The fourth-order valence-electron chi connectivity index (χ4n) is 9.06. The number of benzene rings is 2. The Bertz CT molecular complexity index is 3570. The molecule has 86 heavy (non-hydrogen) atoms. The number of nitrogens with one attached hydrogen (secondary N) is 3. The van der Waals surface area contributed by atoms with E-state index in [4.69, 9.17) is 76.5 Å². The van der Waals surface area contributed by atoms with Crippen LogP contribution in [-0.4, -0.2) is 165 Å². The number of alkyl halides is 2. The number of rotatable bonds is 20. The van der Waals surface area contributed by atoms with Crippen molar-refractivity contribution in [1.29, 1.82) is 0 Å². The molecular formula is C49H55F2N13O18P2S2. The molecule has 460 valence electrons. The minimum Gasteiger partial charge on any atom is -0.481 e. The minimum atomic E-state index is -4.62. The van der Waals surface area contributed by atoms with Crippen LogP contribution in [0.3, 0.4) is 0 Å². The molecule has 4 aromatic heterocycles. The zero-order chi connectivity index (χ0) is 61.5. The van der Waals surface area contributed by atoms with Crippen molar-refractivity contribution in [3.05, 3.63) is 91.0 Å². The number of ether oxygens (including phenoxy) is 4. The summed E-state index contributed by atoms with van der Waals surface area (Å²) in [5, 5.41) is 16.8. The number of likely N-dealkylation sites (N-methyl/N-ethyl adjacent to an activating group) is 1. The van der Waals surface area contributed by atoms with Crippen LogP contribution in [-0.2, 0) is 97.9 Å². The number of imidazole rings is 2. The molecule has 3 saturated heterocycles. The number of carbonyl (C=O) groups excluding carboxylic acids is 5. The molecule has 0 spiro atoms. The molecule has 0 radical (unpaired) electrons. The first-order chi connectivity index (χ1) is 41.0. The highest BCUT2D eigenvalue weighted by Gasteiger charge is 2.55. The highest BCUT2D eigenvalue weighted by molar-refractivity contribution is 8.07. The fraction of sp³-hybridized carbons (Fsp3) is 0.429. The molecule has 2 aromatic carbocycles. The fourth-order valence-corrected chi connectivity index (χ4v) is 11.7. The van der Waals surface area contributed by atoms with Gasteiger partial charge in [0.05, 0.1) is 32.2 Å². The standard InChI is InChI=1S/C49H55F2N13O18P2S2/c1-25(16-32(66)67)43(68)53-13-12-30(65)18-28(17-26-6-4-3-5-7-26)44(69)60-29-10-8-27(9-11-29)19-75-49(71)62(2)14-15-74-48(70)61-40-36-42(57-22-55-40)64(24-59-36)46-34(51)38-47(78-46)79-82-84(73,86)80-37-31(20-76-83(72,85)81-38)77-45(33(37)50)63-23-58-35-39(52)54-21-56-41(35)63/h3-11,21-25,28,31,33-34,37-38,45-47H,12-20H2,1-2H3,(H,53,68)(H,60,69)(H,66,67)(H,72,85)(H,73,86)(H2,52,54,56)(H,55,57,61,70)/t25?,28-,31+,33+,34+,37+,38-,45+,46+,47+,83?,84?/m0/s1. The molecule has 31 nitrogen and oxygen atoms in total. The largest absolute Gasteiger partial charge is 0.481 e. The summed E-state index contributed by atoms with van der Waals surface area (Å²) < 4.78 is 79.1. The molecular weight excluding hydrogens is 1220 g/mol. The number of fused-ring (bicyclic) bond motifs is 4. The van der Waals surface area contributed by atoms with Crippen molar-refractivity contribution in [3.63, 3.8) is 0 Å². The van der Waals surface area contributed by atoms with Gasteiger partial charge in [0.2, 0.25) is 18.1 Å². The van der Waals surface area contributed by atoms with Gasteiger partial charge in [-0.15, -0.1) is 4.67 Å². The Balaban J connectivity index is 0.739. The Morgan fingerprint density at radius 3 is 2.20 bits per heavy atom. The first-order valence-corrected chi connectivity index (χ1v) is 31.2. The lowest BCUT2D eigenvalue weighted by Crippen LogP contribution is -2.36. The van der Waals surface area contributed by atoms with Crippen LogP contribution >= 0.6 is 13.4 Å².